The van der Waals surface area contributed by atoms with Crippen LogP contribution in [-0.4, -0.2) is 17.5 Å². The van der Waals surface area contributed by atoms with Gasteiger partial charge >= 0.3 is 0 Å². The number of nitrogens with zero attached hydrogens (tertiary/aromatic N) is 2. The van der Waals surface area contributed by atoms with E-state index in [2.05, 4.69) is 11.8 Å². The van der Waals surface area contributed by atoms with E-state index in [1.807, 2.05) is 0 Å². The minimum absolute atomic E-state index is 0.0492. The van der Waals surface area contributed by atoms with Crippen LogP contribution in [0.3, 0.4) is 0 Å². The van der Waals surface area contributed by atoms with Gasteiger partial charge in [0.05, 0.1) is 16.3 Å². The van der Waals surface area contributed by atoms with Crippen LogP contribution in [0.2, 0.25) is 0 Å². The summed E-state index contributed by atoms with van der Waals surface area (Å²) in [5, 5.41) is 10.6. The molecular formula is C11H15N3O2. The first kappa shape index (κ1) is 10.7. The smallest absolute Gasteiger partial charge is 0.271 e. The Bertz CT molecular complexity index is 420. The van der Waals surface area contributed by atoms with Crippen molar-refractivity contribution < 1.29 is 4.92 Å². The van der Waals surface area contributed by atoms with Gasteiger partial charge in [0.1, 0.15) is 0 Å². The van der Waals surface area contributed by atoms with Gasteiger partial charge < -0.3 is 10.6 Å². The van der Waals surface area contributed by atoms with E-state index < -0.39 is 4.92 Å². The molecule has 0 spiro atoms. The van der Waals surface area contributed by atoms with Crippen LogP contribution >= 0.6 is 0 Å². The first-order valence-corrected chi connectivity index (χ1v) is 5.40. The summed E-state index contributed by atoms with van der Waals surface area (Å²) < 4.78 is 0. The highest BCUT2D eigenvalue weighted by molar-refractivity contribution is 5.71. The van der Waals surface area contributed by atoms with Crippen LogP contribution in [0.4, 0.5) is 17.1 Å². The zero-order chi connectivity index (χ0) is 11.7. The van der Waals surface area contributed by atoms with E-state index in [9.17, 15) is 10.1 Å². The molecule has 2 N–H and O–H groups in total. The third-order valence-corrected chi connectivity index (χ3v) is 3.08. The van der Waals surface area contributed by atoms with Gasteiger partial charge in [-0.1, -0.05) is 0 Å². The Labute approximate surface area is 94.0 Å². The van der Waals surface area contributed by atoms with Gasteiger partial charge in [-0.3, -0.25) is 10.1 Å². The summed E-state index contributed by atoms with van der Waals surface area (Å²) in [6, 6.07) is 5.15. The number of rotatable bonds is 2. The normalized spacial score (nSPS) is 20.1. The highest BCUT2D eigenvalue weighted by Gasteiger charge is 2.23. The van der Waals surface area contributed by atoms with Crippen molar-refractivity contribution in [2.24, 2.45) is 0 Å². The van der Waals surface area contributed by atoms with Crippen LogP contribution in [0, 0.1) is 10.1 Å². The van der Waals surface area contributed by atoms with Crippen molar-refractivity contribution in [3.8, 4) is 0 Å². The van der Waals surface area contributed by atoms with Gasteiger partial charge in [-0.25, -0.2) is 0 Å². The number of nitro groups is 1. The Morgan fingerprint density at radius 2 is 2.31 bits per heavy atom. The van der Waals surface area contributed by atoms with Crippen molar-refractivity contribution in [3.63, 3.8) is 0 Å². The molecule has 1 heterocycles. The second-order valence-electron chi connectivity index (χ2n) is 4.18. The third-order valence-electron chi connectivity index (χ3n) is 3.08. The number of nitrogens with two attached hydrogens (primary N) is 1. The molecule has 1 aliphatic rings. The van der Waals surface area contributed by atoms with Crippen molar-refractivity contribution in [1.82, 2.24) is 0 Å². The van der Waals surface area contributed by atoms with Gasteiger partial charge in [0.25, 0.3) is 5.69 Å². The zero-order valence-electron chi connectivity index (χ0n) is 9.22. The molecule has 16 heavy (non-hydrogen) atoms. The number of benzene rings is 1. The fourth-order valence-corrected chi connectivity index (χ4v) is 2.21. The number of non-ortho nitro benzene ring substituents is 1. The standard InChI is InChI=1S/C11H15N3O2/c1-8-3-2-6-13(8)11-5-4-9(14(15)16)7-10(11)12/h4-5,7-8H,2-3,6,12H2,1H3/t8-/m0/s1. The fraction of sp³-hybridized carbons (Fsp3) is 0.455. The highest BCUT2D eigenvalue weighted by Crippen LogP contribution is 2.32. The average Bonchev–Trinajstić information content (AvgIpc) is 2.64. The first-order valence-electron chi connectivity index (χ1n) is 5.40. The van der Waals surface area contributed by atoms with Crippen LogP contribution in [0.15, 0.2) is 18.2 Å². The molecule has 5 nitrogen and oxygen atoms in total. The lowest BCUT2D eigenvalue weighted by Gasteiger charge is -2.24. The zero-order valence-corrected chi connectivity index (χ0v) is 9.22. The molecule has 0 bridgehead atoms. The monoisotopic (exact) mass is 221 g/mol. The first-order chi connectivity index (χ1) is 7.59. The lowest BCUT2D eigenvalue weighted by molar-refractivity contribution is -0.384. The number of nitrogen functional groups attached to an aromatic ring is 1. The van der Waals surface area contributed by atoms with Crippen molar-refractivity contribution in [3.05, 3.63) is 28.3 Å². The van der Waals surface area contributed by atoms with E-state index in [1.165, 1.54) is 12.1 Å². The van der Waals surface area contributed by atoms with E-state index in [0.717, 1.165) is 25.1 Å². The maximum Gasteiger partial charge on any atom is 0.271 e. The molecule has 86 valence electrons. The molecule has 1 saturated heterocycles. The van der Waals surface area contributed by atoms with Crippen LogP contribution in [-0.2, 0) is 0 Å². The number of nitro benzene ring substituents is 1. The molecule has 0 radical (unpaired) electrons. The topological polar surface area (TPSA) is 72.4 Å². The van der Waals surface area contributed by atoms with Crippen LogP contribution in [0.5, 0.6) is 0 Å². The Kier molecular flexibility index (Phi) is 2.68. The molecular weight excluding hydrogens is 206 g/mol. The minimum atomic E-state index is -0.423. The summed E-state index contributed by atoms with van der Waals surface area (Å²) in [5.41, 5.74) is 7.31. The second kappa shape index (κ2) is 4.00. The van der Waals surface area contributed by atoms with Crippen molar-refractivity contribution in [1.29, 1.82) is 0 Å². The number of hydrogen-bond donors (Lipinski definition) is 1. The van der Waals surface area contributed by atoms with E-state index in [1.54, 1.807) is 6.07 Å². The minimum Gasteiger partial charge on any atom is -0.397 e. The lowest BCUT2D eigenvalue weighted by atomic mass is 10.2. The van der Waals surface area contributed by atoms with E-state index in [4.69, 9.17) is 5.73 Å². The molecule has 0 aliphatic carbocycles. The Hall–Kier alpha value is -1.78. The van der Waals surface area contributed by atoms with Gasteiger partial charge in [0.15, 0.2) is 0 Å². The lowest BCUT2D eigenvalue weighted by Crippen LogP contribution is -2.27. The Morgan fingerprint density at radius 1 is 1.56 bits per heavy atom. The van der Waals surface area contributed by atoms with Gasteiger partial charge in [-0.2, -0.15) is 0 Å². The molecule has 0 unspecified atom stereocenters. The highest BCUT2D eigenvalue weighted by atomic mass is 16.6. The van der Waals surface area contributed by atoms with E-state index in [-0.39, 0.29) is 5.69 Å². The molecule has 1 atom stereocenters. The summed E-state index contributed by atoms with van der Waals surface area (Å²) in [5.74, 6) is 0. The van der Waals surface area contributed by atoms with Gasteiger partial charge in [-0.05, 0) is 25.8 Å². The fourth-order valence-electron chi connectivity index (χ4n) is 2.21. The Morgan fingerprint density at radius 3 is 2.81 bits per heavy atom. The van der Waals surface area contributed by atoms with E-state index >= 15 is 0 Å². The summed E-state index contributed by atoms with van der Waals surface area (Å²) >= 11 is 0. The van der Waals surface area contributed by atoms with Gasteiger partial charge in [-0.15, -0.1) is 0 Å². The van der Waals surface area contributed by atoms with Crippen molar-refractivity contribution >= 4 is 17.1 Å². The summed E-state index contributed by atoms with van der Waals surface area (Å²) in [4.78, 5) is 12.4. The van der Waals surface area contributed by atoms with Crippen LogP contribution in [0.25, 0.3) is 0 Å². The Balaban J connectivity index is 2.32. The van der Waals surface area contributed by atoms with Gasteiger partial charge in [0, 0.05) is 24.7 Å². The predicted octanol–water partition coefficient (Wildman–Crippen LogP) is 2.17. The molecule has 1 aromatic carbocycles. The number of anilines is 2. The van der Waals surface area contributed by atoms with Crippen molar-refractivity contribution in [2.75, 3.05) is 17.2 Å². The molecule has 1 aromatic rings. The molecule has 0 aromatic heterocycles. The molecule has 5 heteroatoms. The summed E-state index contributed by atoms with van der Waals surface area (Å²) in [7, 11) is 0. The number of hydrogen-bond acceptors (Lipinski definition) is 4. The quantitative estimate of drug-likeness (QED) is 0.472. The molecule has 1 aliphatic heterocycles. The summed E-state index contributed by atoms with van der Waals surface area (Å²) in [6.07, 6.45) is 2.30. The van der Waals surface area contributed by atoms with Crippen LogP contribution < -0.4 is 10.6 Å². The SMILES string of the molecule is C[C@H]1CCCN1c1ccc([N+](=O)[O-])cc1N. The van der Waals surface area contributed by atoms with Gasteiger partial charge in [0.2, 0.25) is 0 Å². The largest absolute Gasteiger partial charge is 0.397 e. The van der Waals surface area contributed by atoms with Crippen LogP contribution in [0.1, 0.15) is 19.8 Å². The summed E-state index contributed by atoms with van der Waals surface area (Å²) in [6.45, 7) is 3.12. The third kappa shape index (κ3) is 1.80. The average molecular weight is 221 g/mol. The predicted molar refractivity (Wildman–Crippen MR) is 63.6 cm³/mol. The molecule has 0 amide bonds. The van der Waals surface area contributed by atoms with E-state index in [0.29, 0.717) is 11.7 Å². The maximum absolute atomic E-state index is 10.6. The molecule has 1 fully saturated rings. The molecule has 0 saturated carbocycles. The second-order valence-corrected chi connectivity index (χ2v) is 4.18. The molecule has 2 rings (SSSR count). The van der Waals surface area contributed by atoms with Crippen molar-refractivity contribution in [2.45, 2.75) is 25.8 Å². The maximum atomic E-state index is 10.6.